The van der Waals surface area contributed by atoms with Crippen molar-refractivity contribution in [1.82, 2.24) is 14.6 Å². The minimum absolute atomic E-state index is 0.0489. The number of sulfonamides is 1. The monoisotopic (exact) mass is 672 g/mol. The Labute approximate surface area is 272 Å². The molecule has 5 rings (SSSR count). The van der Waals surface area contributed by atoms with Gasteiger partial charge in [0.05, 0.1) is 35.4 Å². The van der Waals surface area contributed by atoms with Crippen LogP contribution in [0.25, 0.3) is 10.9 Å². The molecule has 252 valence electrons. The van der Waals surface area contributed by atoms with Gasteiger partial charge in [-0.15, -0.1) is 0 Å². The summed E-state index contributed by atoms with van der Waals surface area (Å²) in [5.74, 6) is 6.59. The van der Waals surface area contributed by atoms with E-state index in [0.29, 0.717) is 29.0 Å². The largest absolute Gasteiger partial charge is 0.495 e. The number of benzene rings is 2. The summed E-state index contributed by atoms with van der Waals surface area (Å²) in [6, 6.07) is 13.7. The molecule has 0 saturated heterocycles. The Morgan fingerprint density at radius 1 is 1.06 bits per heavy atom. The first-order valence-corrected chi connectivity index (χ1v) is 16.7. The van der Waals surface area contributed by atoms with Crippen molar-refractivity contribution >= 4 is 38.1 Å². The third-order valence-electron chi connectivity index (χ3n) is 8.52. The van der Waals surface area contributed by atoms with Gasteiger partial charge in [-0.1, -0.05) is 17.1 Å². The van der Waals surface area contributed by atoms with Crippen LogP contribution >= 0.6 is 0 Å². The molecule has 4 aromatic rings. The Bertz CT molecular complexity index is 1880. The normalized spacial score (nSPS) is 17.0. The van der Waals surface area contributed by atoms with Gasteiger partial charge in [-0.3, -0.25) is 4.72 Å². The molecule has 2 heterocycles. The van der Waals surface area contributed by atoms with Crippen molar-refractivity contribution < 1.29 is 30.8 Å². The van der Waals surface area contributed by atoms with Gasteiger partial charge < -0.3 is 28.9 Å². The summed E-state index contributed by atoms with van der Waals surface area (Å²) >= 11 is 0. The highest BCUT2D eigenvalue weighted by Gasteiger charge is 2.31. The average Bonchev–Trinajstić information content (AvgIpc) is 3.59. The van der Waals surface area contributed by atoms with Gasteiger partial charge >= 0.3 is 6.18 Å². The Kier molecular flexibility index (Phi) is 9.97. The number of aryl methyl sites for hydroxylation is 1. The van der Waals surface area contributed by atoms with E-state index < -0.39 is 22.7 Å². The molecule has 0 spiro atoms. The molecule has 10 nitrogen and oxygen atoms in total. The molecule has 0 bridgehead atoms. The van der Waals surface area contributed by atoms with E-state index in [4.69, 9.17) is 9.26 Å². The summed E-state index contributed by atoms with van der Waals surface area (Å²) in [7, 11) is 3.63. The van der Waals surface area contributed by atoms with Gasteiger partial charge in [0.15, 0.2) is 5.82 Å². The van der Waals surface area contributed by atoms with Crippen molar-refractivity contribution in [2.75, 3.05) is 49.7 Å². The zero-order chi connectivity index (χ0) is 33.9. The lowest BCUT2D eigenvalue weighted by molar-refractivity contribution is -0.140. The highest BCUT2D eigenvalue weighted by atomic mass is 32.2. The molecule has 1 saturated carbocycles. The van der Waals surface area contributed by atoms with Crippen LogP contribution in [-0.2, 0) is 16.6 Å². The van der Waals surface area contributed by atoms with Crippen LogP contribution in [0.4, 0.5) is 30.4 Å². The lowest BCUT2D eigenvalue weighted by Crippen LogP contribution is -2.40. The van der Waals surface area contributed by atoms with Gasteiger partial charge in [-0.2, -0.15) is 13.2 Å². The Balaban J connectivity index is 1.36. The third kappa shape index (κ3) is 7.97. The van der Waals surface area contributed by atoms with Crippen LogP contribution in [0, 0.1) is 18.8 Å². The van der Waals surface area contributed by atoms with E-state index in [1.165, 1.54) is 35.9 Å². The molecule has 0 atom stereocenters. The summed E-state index contributed by atoms with van der Waals surface area (Å²) in [5, 5.41) is 7.44. The number of halogens is 3. The Morgan fingerprint density at radius 2 is 1.79 bits per heavy atom. The van der Waals surface area contributed by atoms with Gasteiger partial charge in [0.2, 0.25) is 0 Å². The quantitative estimate of drug-likeness (QED) is 0.196. The van der Waals surface area contributed by atoms with Crippen LogP contribution < -0.4 is 19.7 Å². The highest BCUT2D eigenvalue weighted by molar-refractivity contribution is 7.92. The van der Waals surface area contributed by atoms with Crippen LogP contribution in [-0.4, -0.2) is 76.1 Å². The zero-order valence-electron chi connectivity index (χ0n) is 27.0. The van der Waals surface area contributed by atoms with Crippen LogP contribution in [0.15, 0.2) is 57.9 Å². The van der Waals surface area contributed by atoms with Crippen LogP contribution in [0.5, 0.6) is 5.75 Å². The SMILES string of the molecule is COc1cc(S(=O)(=O)Nc2cc(C)on2)ccc1NCC#Cc1cc2c(N(C)[C@H]3CC[C@@H](N(C)C)CC3)cccc2n1CC(F)(F)F. The van der Waals surface area contributed by atoms with E-state index in [1.807, 2.05) is 13.1 Å². The van der Waals surface area contributed by atoms with E-state index in [-0.39, 0.29) is 28.7 Å². The van der Waals surface area contributed by atoms with E-state index in [1.54, 1.807) is 25.1 Å². The summed E-state index contributed by atoms with van der Waals surface area (Å²) in [6.45, 7) is 0.538. The first kappa shape index (κ1) is 34.0. The van der Waals surface area contributed by atoms with Gasteiger partial charge in [0, 0.05) is 42.3 Å². The fourth-order valence-electron chi connectivity index (χ4n) is 6.06. The van der Waals surface area contributed by atoms with Crippen LogP contribution in [0.2, 0.25) is 0 Å². The number of rotatable bonds is 10. The molecule has 2 aromatic heterocycles. The maximum absolute atomic E-state index is 13.7. The molecule has 0 radical (unpaired) electrons. The minimum Gasteiger partial charge on any atom is -0.495 e. The number of ether oxygens (including phenoxy) is 1. The van der Waals surface area contributed by atoms with Gasteiger partial charge in [-0.05, 0) is 83.0 Å². The predicted molar refractivity (Wildman–Crippen MR) is 177 cm³/mol. The average molecular weight is 673 g/mol. The number of hydrogen-bond donors (Lipinski definition) is 2. The van der Waals surface area contributed by atoms with E-state index >= 15 is 0 Å². The first-order chi connectivity index (χ1) is 22.3. The molecule has 1 fully saturated rings. The molecule has 2 N–H and O–H groups in total. The number of anilines is 3. The number of aromatic nitrogens is 2. The second kappa shape index (κ2) is 13.8. The number of alkyl halides is 3. The Morgan fingerprint density at radius 3 is 2.43 bits per heavy atom. The summed E-state index contributed by atoms with van der Waals surface area (Å²) in [6.07, 6.45) is -0.292. The number of nitrogens with one attached hydrogen (secondary N) is 2. The molecule has 1 aliphatic rings. The van der Waals surface area contributed by atoms with E-state index in [9.17, 15) is 21.6 Å². The highest BCUT2D eigenvalue weighted by Crippen LogP contribution is 2.35. The maximum Gasteiger partial charge on any atom is 0.406 e. The number of methoxy groups -OCH3 is 1. The Hall–Kier alpha value is -4.35. The smallest absolute Gasteiger partial charge is 0.406 e. The minimum atomic E-state index is -4.44. The maximum atomic E-state index is 13.7. The lowest BCUT2D eigenvalue weighted by atomic mass is 9.89. The molecule has 0 aliphatic heterocycles. The molecule has 0 amide bonds. The summed E-state index contributed by atoms with van der Waals surface area (Å²) < 4.78 is 80.8. The number of fused-ring (bicyclic) bond motifs is 1. The van der Waals surface area contributed by atoms with Crippen molar-refractivity contribution in [3.8, 4) is 17.6 Å². The molecule has 1 aliphatic carbocycles. The second-order valence-electron chi connectivity index (χ2n) is 11.9. The molecule has 47 heavy (non-hydrogen) atoms. The third-order valence-corrected chi connectivity index (χ3v) is 9.87. The fraction of sp³-hybridized carbons (Fsp3) is 0.424. The van der Waals surface area contributed by atoms with Crippen molar-refractivity contribution in [2.45, 2.75) is 62.3 Å². The van der Waals surface area contributed by atoms with Crippen LogP contribution in [0.1, 0.15) is 37.1 Å². The fourth-order valence-corrected chi connectivity index (χ4v) is 7.06. The van der Waals surface area contributed by atoms with Gasteiger partial charge in [0.1, 0.15) is 18.1 Å². The number of nitrogens with zero attached hydrogens (tertiary/aromatic N) is 4. The van der Waals surface area contributed by atoms with Crippen molar-refractivity contribution in [3.63, 3.8) is 0 Å². The topological polar surface area (TPSA) is 105 Å². The summed E-state index contributed by atoms with van der Waals surface area (Å²) in [4.78, 5) is 4.39. The van der Waals surface area contributed by atoms with Crippen molar-refractivity contribution in [1.29, 1.82) is 0 Å². The van der Waals surface area contributed by atoms with E-state index in [0.717, 1.165) is 36.8 Å². The predicted octanol–water partition coefficient (Wildman–Crippen LogP) is 6.08. The van der Waals surface area contributed by atoms with Crippen molar-refractivity contribution in [2.24, 2.45) is 0 Å². The second-order valence-corrected chi connectivity index (χ2v) is 13.6. The standard InChI is InChI=1S/C33H39F3N6O4S/c1-22-18-32(38-46-22)39-47(43,44)26-15-16-28(31(20-26)45-5)37-17-7-8-25-19-27-29(9-6-10-30(27)42(25)21-33(34,35)36)41(4)24-13-11-23(12-14-24)40(2)3/h6,9-10,15-16,18-20,23-24,37H,11-14,17,21H2,1-5H3,(H,38,39)/t23-,24+. The van der Waals surface area contributed by atoms with E-state index in [2.05, 4.69) is 50.9 Å². The summed E-state index contributed by atoms with van der Waals surface area (Å²) in [5.41, 5.74) is 2.06. The zero-order valence-corrected chi connectivity index (χ0v) is 27.8. The van der Waals surface area contributed by atoms with Gasteiger partial charge in [-0.25, -0.2) is 8.42 Å². The lowest BCUT2D eigenvalue weighted by Gasteiger charge is -2.38. The molecular weight excluding hydrogens is 633 g/mol. The van der Waals surface area contributed by atoms with Crippen LogP contribution in [0.3, 0.4) is 0 Å². The molecular formula is C33H39F3N6O4S. The molecule has 0 unspecified atom stereocenters. The molecule has 2 aromatic carbocycles. The van der Waals surface area contributed by atoms with Gasteiger partial charge in [0.25, 0.3) is 10.0 Å². The number of hydrogen-bond acceptors (Lipinski definition) is 8. The first-order valence-electron chi connectivity index (χ1n) is 15.2. The molecule has 14 heteroatoms. The van der Waals surface area contributed by atoms with Crippen molar-refractivity contribution in [3.05, 3.63) is 60.0 Å².